The highest BCUT2D eigenvalue weighted by atomic mass is 35.5. The highest BCUT2D eigenvalue weighted by molar-refractivity contribution is 6.30. The predicted molar refractivity (Wildman–Crippen MR) is 146 cm³/mol. The van der Waals surface area contributed by atoms with Gasteiger partial charge in [-0.25, -0.2) is 14.8 Å². The second kappa shape index (κ2) is 11.2. The van der Waals surface area contributed by atoms with Crippen molar-refractivity contribution in [3.8, 4) is 5.75 Å². The zero-order valence-corrected chi connectivity index (χ0v) is 21.9. The number of hydrogen-bond donors (Lipinski definition) is 2. The molecule has 1 aromatic heterocycles. The Kier molecular flexibility index (Phi) is 7.99. The average Bonchev–Trinajstić information content (AvgIpc) is 2.83. The van der Waals surface area contributed by atoms with Crippen molar-refractivity contribution in [1.82, 2.24) is 15.3 Å². The van der Waals surface area contributed by atoms with Crippen molar-refractivity contribution in [1.29, 1.82) is 0 Å². The van der Waals surface area contributed by atoms with Crippen molar-refractivity contribution in [2.24, 2.45) is 0 Å². The minimum Gasteiger partial charge on any atom is -0.497 e. The van der Waals surface area contributed by atoms with E-state index in [-0.39, 0.29) is 12.1 Å². The van der Waals surface area contributed by atoms with Gasteiger partial charge < -0.3 is 20.1 Å². The fourth-order valence-electron chi connectivity index (χ4n) is 4.29. The minimum absolute atomic E-state index is 0.00339. The number of anilines is 1. The summed E-state index contributed by atoms with van der Waals surface area (Å²) in [6.07, 6.45) is 7.33. The molecule has 0 saturated heterocycles. The van der Waals surface area contributed by atoms with Crippen LogP contribution in [-0.4, -0.2) is 40.9 Å². The predicted octanol–water partition coefficient (Wildman–Crippen LogP) is 6.71. The molecule has 7 nitrogen and oxygen atoms in total. The maximum Gasteiger partial charge on any atom is 0.407 e. The summed E-state index contributed by atoms with van der Waals surface area (Å²) < 4.78 is 11.0. The molecule has 1 heterocycles. The quantitative estimate of drug-likeness (QED) is 0.385. The van der Waals surface area contributed by atoms with Gasteiger partial charge in [0.1, 0.15) is 17.2 Å². The van der Waals surface area contributed by atoms with Gasteiger partial charge in [0.2, 0.25) is 0 Å². The lowest BCUT2D eigenvalue weighted by molar-refractivity contribution is 0.0488. The number of halogens is 1. The monoisotopic (exact) mass is 508 g/mol. The Labute approximate surface area is 217 Å². The molecule has 190 valence electrons. The standard InChI is InChI=1S/C28H33ClN4O3/c1-28(2,3)36-27(34)32-24-8-6-5-7-23(24)31-26-21-17-20(35-4)14-15-22(21)30-25(33-26)16-11-18-9-12-19(29)13-10-18/h9-17,23-24H,5-8H2,1-4H3,(H,32,34)(H,30,31,33)/t23-,24+/m0/s1. The number of benzene rings is 2. The van der Waals surface area contributed by atoms with Crippen molar-refractivity contribution in [2.45, 2.75) is 64.1 Å². The number of carbonyl (C=O) groups is 1. The van der Waals surface area contributed by atoms with Gasteiger partial charge >= 0.3 is 6.09 Å². The van der Waals surface area contributed by atoms with E-state index in [1.807, 2.05) is 75.4 Å². The molecule has 2 aromatic carbocycles. The van der Waals surface area contributed by atoms with E-state index in [0.717, 1.165) is 47.9 Å². The molecule has 0 unspecified atom stereocenters. The maximum absolute atomic E-state index is 12.5. The highest BCUT2D eigenvalue weighted by Gasteiger charge is 2.29. The van der Waals surface area contributed by atoms with Gasteiger partial charge in [-0.15, -0.1) is 0 Å². The number of rotatable bonds is 6. The van der Waals surface area contributed by atoms with Crippen LogP contribution >= 0.6 is 11.6 Å². The van der Waals surface area contributed by atoms with Crippen LogP contribution in [0.5, 0.6) is 5.75 Å². The van der Waals surface area contributed by atoms with E-state index in [1.54, 1.807) is 7.11 Å². The molecule has 1 aliphatic rings. The summed E-state index contributed by atoms with van der Waals surface area (Å²) in [6, 6.07) is 13.3. The van der Waals surface area contributed by atoms with Gasteiger partial charge in [0.25, 0.3) is 0 Å². The van der Waals surface area contributed by atoms with E-state index in [2.05, 4.69) is 10.6 Å². The zero-order valence-electron chi connectivity index (χ0n) is 21.2. The summed E-state index contributed by atoms with van der Waals surface area (Å²) in [5.74, 6) is 2.01. The summed E-state index contributed by atoms with van der Waals surface area (Å²) in [6.45, 7) is 5.59. The number of amides is 1. The molecule has 3 aromatic rings. The van der Waals surface area contributed by atoms with Gasteiger partial charge in [-0.05, 0) is 75.6 Å². The molecule has 0 bridgehead atoms. The topological polar surface area (TPSA) is 85.4 Å². The SMILES string of the molecule is COc1ccc2nc(C=Cc3ccc(Cl)cc3)nc(N[C@H]3CCCC[C@H]3NC(=O)OC(C)(C)C)c2c1. The van der Waals surface area contributed by atoms with E-state index < -0.39 is 11.7 Å². The molecule has 8 heteroatoms. The average molecular weight is 509 g/mol. The van der Waals surface area contributed by atoms with Crippen LogP contribution in [0, 0.1) is 0 Å². The first-order chi connectivity index (χ1) is 17.2. The van der Waals surface area contributed by atoms with Crippen LogP contribution < -0.4 is 15.4 Å². The molecule has 36 heavy (non-hydrogen) atoms. The largest absolute Gasteiger partial charge is 0.497 e. The zero-order chi connectivity index (χ0) is 25.7. The lowest BCUT2D eigenvalue weighted by Crippen LogP contribution is -2.49. The smallest absolute Gasteiger partial charge is 0.407 e. The number of hydrogen-bond acceptors (Lipinski definition) is 6. The third kappa shape index (κ3) is 6.88. The Morgan fingerprint density at radius 3 is 2.44 bits per heavy atom. The van der Waals surface area contributed by atoms with Crippen LogP contribution in [0.2, 0.25) is 5.02 Å². The molecular formula is C28H33ClN4O3. The summed E-state index contributed by atoms with van der Waals surface area (Å²) in [4.78, 5) is 22.1. The summed E-state index contributed by atoms with van der Waals surface area (Å²) in [7, 11) is 1.64. The number of nitrogens with one attached hydrogen (secondary N) is 2. The lowest BCUT2D eigenvalue weighted by atomic mass is 9.90. The molecule has 1 saturated carbocycles. The summed E-state index contributed by atoms with van der Waals surface area (Å²) >= 11 is 6.01. The first kappa shape index (κ1) is 25.8. The molecule has 1 fully saturated rings. The van der Waals surface area contributed by atoms with Gasteiger partial charge in [0, 0.05) is 16.5 Å². The van der Waals surface area contributed by atoms with Crippen molar-refractivity contribution < 1.29 is 14.3 Å². The second-order valence-corrected chi connectivity index (χ2v) is 10.4. The Hall–Kier alpha value is -3.32. The number of aromatic nitrogens is 2. The molecule has 0 spiro atoms. The van der Waals surface area contributed by atoms with Crippen molar-refractivity contribution >= 4 is 46.6 Å². The highest BCUT2D eigenvalue weighted by Crippen LogP contribution is 2.29. The Bertz CT molecular complexity index is 1240. The number of ether oxygens (including phenoxy) is 2. The second-order valence-electron chi connectivity index (χ2n) is 9.99. The normalized spacial score (nSPS) is 18.2. The van der Waals surface area contributed by atoms with Crippen LogP contribution in [0.4, 0.5) is 10.6 Å². The summed E-state index contributed by atoms with van der Waals surface area (Å²) in [5.41, 5.74) is 1.25. The van der Waals surface area contributed by atoms with E-state index >= 15 is 0 Å². The maximum atomic E-state index is 12.5. The van der Waals surface area contributed by atoms with E-state index in [4.69, 9.17) is 31.0 Å². The first-order valence-corrected chi connectivity index (χ1v) is 12.6. The van der Waals surface area contributed by atoms with Crippen LogP contribution in [0.1, 0.15) is 57.8 Å². The molecule has 0 aliphatic heterocycles. The molecule has 1 amide bonds. The number of carbonyl (C=O) groups excluding carboxylic acids is 1. The van der Waals surface area contributed by atoms with Crippen LogP contribution in [0.3, 0.4) is 0 Å². The molecule has 1 aliphatic carbocycles. The van der Waals surface area contributed by atoms with Crippen molar-refractivity contribution in [3.05, 3.63) is 58.9 Å². The van der Waals surface area contributed by atoms with E-state index in [0.29, 0.717) is 16.7 Å². The molecule has 2 N–H and O–H groups in total. The number of alkyl carbamates (subject to hydrolysis) is 1. The molecule has 4 rings (SSSR count). The first-order valence-electron chi connectivity index (χ1n) is 12.3. The lowest BCUT2D eigenvalue weighted by Gasteiger charge is -2.34. The molecular weight excluding hydrogens is 476 g/mol. The van der Waals surface area contributed by atoms with E-state index in [9.17, 15) is 4.79 Å². The molecule has 2 atom stereocenters. The van der Waals surface area contributed by atoms with Gasteiger partial charge in [0.15, 0.2) is 5.82 Å². The Morgan fingerprint density at radius 2 is 1.75 bits per heavy atom. The molecule has 0 radical (unpaired) electrons. The van der Waals surface area contributed by atoms with Crippen LogP contribution in [-0.2, 0) is 4.74 Å². The Morgan fingerprint density at radius 1 is 1.03 bits per heavy atom. The van der Waals surface area contributed by atoms with E-state index in [1.165, 1.54) is 0 Å². The van der Waals surface area contributed by atoms with Crippen LogP contribution in [0.15, 0.2) is 42.5 Å². The van der Waals surface area contributed by atoms with Crippen LogP contribution in [0.25, 0.3) is 23.1 Å². The minimum atomic E-state index is -0.549. The van der Waals surface area contributed by atoms with Gasteiger partial charge in [-0.2, -0.15) is 0 Å². The Balaban J connectivity index is 1.63. The fourth-order valence-corrected chi connectivity index (χ4v) is 4.42. The van der Waals surface area contributed by atoms with Crippen molar-refractivity contribution in [3.63, 3.8) is 0 Å². The van der Waals surface area contributed by atoms with Gasteiger partial charge in [-0.3, -0.25) is 0 Å². The fraction of sp³-hybridized carbons (Fsp3) is 0.393. The van der Waals surface area contributed by atoms with Gasteiger partial charge in [-0.1, -0.05) is 42.7 Å². The number of nitrogens with zero attached hydrogens (tertiary/aromatic N) is 2. The third-order valence-electron chi connectivity index (χ3n) is 6.01. The third-order valence-corrected chi connectivity index (χ3v) is 6.26. The number of methoxy groups -OCH3 is 1. The summed E-state index contributed by atoms with van der Waals surface area (Å²) in [5, 5.41) is 8.23. The van der Waals surface area contributed by atoms with Gasteiger partial charge in [0.05, 0.1) is 18.7 Å². The number of fused-ring (bicyclic) bond motifs is 1. The van der Waals surface area contributed by atoms with Crippen molar-refractivity contribution in [2.75, 3.05) is 12.4 Å².